The van der Waals surface area contributed by atoms with Crippen molar-refractivity contribution >= 4 is 35.3 Å². The van der Waals surface area contributed by atoms with Crippen molar-refractivity contribution in [2.75, 3.05) is 30.7 Å². The first kappa shape index (κ1) is 19.3. The number of anilines is 2. The number of urea groups is 1. The van der Waals surface area contributed by atoms with Crippen LogP contribution in [-0.4, -0.2) is 38.7 Å². The number of barbiturate groups is 1. The van der Waals surface area contributed by atoms with Crippen molar-refractivity contribution in [3.63, 3.8) is 0 Å². The Bertz CT molecular complexity index is 1090. The van der Waals surface area contributed by atoms with Crippen LogP contribution in [0.2, 0.25) is 0 Å². The molecule has 4 rings (SSSR count). The van der Waals surface area contributed by atoms with Gasteiger partial charge in [0, 0.05) is 25.8 Å². The van der Waals surface area contributed by atoms with Crippen LogP contribution < -0.4 is 24.6 Å². The molecule has 1 N–H and O–H groups in total. The number of imide groups is 2. The lowest BCUT2D eigenvalue weighted by molar-refractivity contribution is -0.122. The van der Waals surface area contributed by atoms with Crippen molar-refractivity contribution < 1.29 is 23.9 Å². The molecule has 2 aromatic carbocycles. The van der Waals surface area contributed by atoms with E-state index in [-0.39, 0.29) is 18.1 Å². The minimum Gasteiger partial charge on any atom is -0.454 e. The largest absolute Gasteiger partial charge is 0.454 e. The minimum atomic E-state index is -0.815. The van der Waals surface area contributed by atoms with Crippen molar-refractivity contribution in [2.24, 2.45) is 0 Å². The van der Waals surface area contributed by atoms with Gasteiger partial charge in [0.2, 0.25) is 6.79 Å². The maximum absolute atomic E-state index is 12.9. The molecule has 2 aliphatic heterocycles. The molecule has 2 aromatic rings. The first-order valence-corrected chi connectivity index (χ1v) is 9.19. The van der Waals surface area contributed by atoms with Crippen molar-refractivity contribution in [2.45, 2.75) is 0 Å². The van der Waals surface area contributed by atoms with E-state index in [0.29, 0.717) is 11.5 Å². The second-order valence-corrected chi connectivity index (χ2v) is 6.86. The number of hydrogen-bond donors (Lipinski definition) is 1. The molecule has 8 nitrogen and oxygen atoms in total. The highest BCUT2D eigenvalue weighted by molar-refractivity contribution is 6.37. The van der Waals surface area contributed by atoms with Gasteiger partial charge >= 0.3 is 6.03 Å². The summed E-state index contributed by atoms with van der Waals surface area (Å²) in [4.78, 5) is 40.3. The first-order valence-electron chi connectivity index (χ1n) is 9.19. The Labute approximate surface area is 173 Å². The third kappa shape index (κ3) is 3.62. The van der Waals surface area contributed by atoms with E-state index < -0.39 is 17.8 Å². The van der Waals surface area contributed by atoms with Gasteiger partial charge in [-0.1, -0.05) is 24.3 Å². The van der Waals surface area contributed by atoms with Crippen LogP contribution in [0.3, 0.4) is 0 Å². The monoisotopic (exact) mass is 405 g/mol. The van der Waals surface area contributed by atoms with Crippen LogP contribution in [-0.2, 0) is 9.59 Å². The third-order valence-electron chi connectivity index (χ3n) is 4.68. The van der Waals surface area contributed by atoms with Gasteiger partial charge in [0.25, 0.3) is 11.8 Å². The Balaban J connectivity index is 1.57. The molecule has 2 heterocycles. The van der Waals surface area contributed by atoms with E-state index in [4.69, 9.17) is 9.47 Å². The normalized spacial score (nSPS) is 17.1. The first-order chi connectivity index (χ1) is 14.4. The van der Waals surface area contributed by atoms with Crippen LogP contribution in [0.1, 0.15) is 5.56 Å². The number of hydrogen-bond acceptors (Lipinski definition) is 6. The highest BCUT2D eigenvalue weighted by Gasteiger charge is 2.37. The highest BCUT2D eigenvalue weighted by atomic mass is 16.7. The van der Waals surface area contributed by atoms with Gasteiger partial charge in [-0.3, -0.25) is 14.9 Å². The molecular formula is C22H19N3O5. The fourth-order valence-electron chi connectivity index (χ4n) is 3.07. The van der Waals surface area contributed by atoms with E-state index in [0.717, 1.165) is 16.2 Å². The summed E-state index contributed by atoms with van der Waals surface area (Å²) in [6.45, 7) is 0.0723. The van der Waals surface area contributed by atoms with Gasteiger partial charge in [-0.15, -0.1) is 0 Å². The van der Waals surface area contributed by atoms with Crippen LogP contribution in [0.5, 0.6) is 11.5 Å². The molecule has 0 aliphatic carbocycles. The number of allylic oxidation sites excluding steroid dienone is 2. The number of ether oxygens (including phenoxy) is 2. The predicted molar refractivity (Wildman–Crippen MR) is 111 cm³/mol. The van der Waals surface area contributed by atoms with Crippen LogP contribution in [0.25, 0.3) is 6.08 Å². The van der Waals surface area contributed by atoms with Gasteiger partial charge in [-0.05, 0) is 35.9 Å². The van der Waals surface area contributed by atoms with Crippen LogP contribution in [0, 0.1) is 0 Å². The number of benzene rings is 2. The van der Waals surface area contributed by atoms with Crippen molar-refractivity contribution in [3.05, 3.63) is 65.8 Å². The van der Waals surface area contributed by atoms with E-state index >= 15 is 0 Å². The van der Waals surface area contributed by atoms with Crippen molar-refractivity contribution in [1.82, 2.24) is 5.32 Å². The number of nitrogens with one attached hydrogen (secondary N) is 1. The lowest BCUT2D eigenvalue weighted by Crippen LogP contribution is -2.54. The molecule has 0 saturated carbocycles. The molecule has 0 unspecified atom stereocenters. The Hall–Kier alpha value is -4.07. The molecule has 0 radical (unpaired) electrons. The molecular weight excluding hydrogens is 386 g/mol. The quantitative estimate of drug-likeness (QED) is 0.622. The van der Waals surface area contributed by atoms with Gasteiger partial charge < -0.3 is 14.4 Å². The number of fused-ring (bicyclic) bond motifs is 1. The maximum atomic E-state index is 12.9. The molecule has 1 saturated heterocycles. The molecule has 8 heteroatoms. The minimum absolute atomic E-state index is 0.0723. The average Bonchev–Trinajstić information content (AvgIpc) is 3.18. The lowest BCUT2D eigenvalue weighted by atomic mass is 10.1. The van der Waals surface area contributed by atoms with Crippen molar-refractivity contribution in [3.8, 4) is 11.5 Å². The Kier molecular flexibility index (Phi) is 4.97. The fraction of sp³-hybridized carbons (Fsp3) is 0.136. The summed E-state index contributed by atoms with van der Waals surface area (Å²) in [5.74, 6) is -0.500. The molecule has 2 aliphatic rings. The SMILES string of the molecule is CN(C)c1ccc(/C=C/C=C2\C(=O)NC(=O)N(c3ccc4c(c3)OCO4)C2=O)cc1. The molecule has 0 bridgehead atoms. The molecule has 1 fully saturated rings. The Morgan fingerprint density at radius 2 is 1.73 bits per heavy atom. The second kappa shape index (κ2) is 7.75. The highest BCUT2D eigenvalue weighted by Crippen LogP contribution is 2.36. The van der Waals surface area contributed by atoms with E-state index in [2.05, 4.69) is 5.32 Å². The van der Waals surface area contributed by atoms with E-state index in [1.807, 2.05) is 43.3 Å². The zero-order valence-corrected chi connectivity index (χ0v) is 16.4. The number of nitrogens with zero attached hydrogens (tertiary/aromatic N) is 2. The number of amides is 4. The molecule has 0 atom stereocenters. The summed E-state index contributed by atoms with van der Waals surface area (Å²) in [6.07, 6.45) is 4.77. The Morgan fingerprint density at radius 1 is 1.00 bits per heavy atom. The standard InChI is InChI=1S/C22H19N3O5/c1-24(2)15-8-6-14(7-9-15)4-3-5-17-20(26)23-22(28)25(21(17)27)16-10-11-18-19(12-16)30-13-29-18/h3-12H,13H2,1-2H3,(H,23,26,28)/b4-3+,17-5+. The van der Waals surface area contributed by atoms with Gasteiger partial charge in [0.15, 0.2) is 11.5 Å². The van der Waals surface area contributed by atoms with Crippen LogP contribution in [0.15, 0.2) is 60.2 Å². The van der Waals surface area contributed by atoms with Gasteiger partial charge in [0.05, 0.1) is 5.69 Å². The summed E-state index contributed by atoms with van der Waals surface area (Å²) in [6, 6.07) is 11.6. The molecule has 4 amide bonds. The van der Waals surface area contributed by atoms with Gasteiger partial charge in [-0.25, -0.2) is 9.69 Å². The number of rotatable bonds is 4. The number of carbonyl (C=O) groups excluding carboxylic acids is 3. The molecule has 152 valence electrons. The third-order valence-corrected chi connectivity index (χ3v) is 4.68. The van der Waals surface area contributed by atoms with E-state index in [9.17, 15) is 14.4 Å². The zero-order valence-electron chi connectivity index (χ0n) is 16.4. The van der Waals surface area contributed by atoms with Crippen LogP contribution >= 0.6 is 0 Å². The summed E-state index contributed by atoms with van der Waals surface area (Å²) < 4.78 is 10.5. The van der Waals surface area contributed by atoms with E-state index in [1.165, 1.54) is 12.1 Å². The topological polar surface area (TPSA) is 88.2 Å². The average molecular weight is 405 g/mol. The molecule has 0 aromatic heterocycles. The zero-order chi connectivity index (χ0) is 21.3. The predicted octanol–water partition coefficient (Wildman–Crippen LogP) is 2.70. The fourth-order valence-corrected chi connectivity index (χ4v) is 3.07. The summed E-state index contributed by atoms with van der Waals surface area (Å²) in [7, 11) is 3.91. The smallest absolute Gasteiger partial charge is 0.335 e. The summed E-state index contributed by atoms with van der Waals surface area (Å²) in [5.41, 5.74) is 2.10. The summed E-state index contributed by atoms with van der Waals surface area (Å²) in [5, 5.41) is 2.19. The summed E-state index contributed by atoms with van der Waals surface area (Å²) >= 11 is 0. The molecule has 30 heavy (non-hydrogen) atoms. The van der Waals surface area contributed by atoms with E-state index in [1.54, 1.807) is 24.3 Å². The molecule has 0 spiro atoms. The van der Waals surface area contributed by atoms with Crippen molar-refractivity contribution in [1.29, 1.82) is 0 Å². The van der Waals surface area contributed by atoms with Gasteiger partial charge in [-0.2, -0.15) is 0 Å². The maximum Gasteiger partial charge on any atom is 0.335 e. The second-order valence-electron chi connectivity index (χ2n) is 6.86. The lowest BCUT2D eigenvalue weighted by Gasteiger charge is -2.26. The van der Waals surface area contributed by atoms with Crippen LogP contribution in [0.4, 0.5) is 16.2 Å². The Morgan fingerprint density at radius 3 is 2.47 bits per heavy atom. The van der Waals surface area contributed by atoms with Gasteiger partial charge in [0.1, 0.15) is 5.57 Å². The number of carbonyl (C=O) groups is 3.